The van der Waals surface area contributed by atoms with Crippen molar-refractivity contribution in [2.24, 2.45) is 0 Å². The number of aromatic nitrogens is 1. The summed E-state index contributed by atoms with van der Waals surface area (Å²) in [5, 5.41) is 1.24. The fourth-order valence-corrected chi connectivity index (χ4v) is 3.37. The van der Waals surface area contributed by atoms with Gasteiger partial charge in [0.2, 0.25) is 0 Å². The molecule has 2 aromatic carbocycles. The molecule has 1 N–H and O–H groups in total. The van der Waals surface area contributed by atoms with Crippen LogP contribution in [0.2, 0.25) is 0 Å². The molecular formula is C15H11FN2O2S. The molecule has 6 heteroatoms. The van der Waals surface area contributed by atoms with E-state index in [9.17, 15) is 12.8 Å². The standard InChI is InChI=1S/C15H11FN2O2S/c16-13-5-1-2-6-14(13)18-21(19,20)15-7-3-4-11-10-17-9-8-12(11)15/h1-10,18H. The minimum Gasteiger partial charge on any atom is -0.277 e. The van der Waals surface area contributed by atoms with Crippen LogP contribution in [0, 0.1) is 5.82 Å². The first kappa shape index (κ1) is 13.5. The van der Waals surface area contributed by atoms with Crippen LogP contribution in [0.1, 0.15) is 0 Å². The summed E-state index contributed by atoms with van der Waals surface area (Å²) in [6.07, 6.45) is 3.10. The Morgan fingerprint density at radius 1 is 1.00 bits per heavy atom. The zero-order valence-electron chi connectivity index (χ0n) is 10.8. The number of sulfonamides is 1. The third kappa shape index (κ3) is 2.57. The van der Waals surface area contributed by atoms with E-state index < -0.39 is 15.8 Å². The largest absolute Gasteiger partial charge is 0.277 e. The molecular weight excluding hydrogens is 291 g/mol. The number of pyridine rings is 1. The Morgan fingerprint density at radius 3 is 2.62 bits per heavy atom. The monoisotopic (exact) mass is 302 g/mol. The summed E-state index contributed by atoms with van der Waals surface area (Å²) in [6, 6.07) is 12.1. The molecule has 0 aliphatic heterocycles. The van der Waals surface area contributed by atoms with E-state index in [-0.39, 0.29) is 10.6 Å². The maximum absolute atomic E-state index is 13.6. The topological polar surface area (TPSA) is 59.1 Å². The molecule has 0 unspecified atom stereocenters. The minimum absolute atomic E-state index is 0.0800. The molecule has 0 aliphatic rings. The third-order valence-corrected chi connectivity index (χ3v) is 4.47. The van der Waals surface area contributed by atoms with Crippen molar-refractivity contribution in [1.82, 2.24) is 4.98 Å². The van der Waals surface area contributed by atoms with E-state index in [1.165, 1.54) is 30.5 Å². The zero-order chi connectivity index (χ0) is 14.9. The van der Waals surface area contributed by atoms with Crippen LogP contribution in [-0.4, -0.2) is 13.4 Å². The summed E-state index contributed by atoms with van der Waals surface area (Å²) in [5.74, 6) is -0.622. The number of hydrogen-bond acceptors (Lipinski definition) is 3. The highest BCUT2D eigenvalue weighted by atomic mass is 32.2. The molecule has 0 spiro atoms. The quantitative estimate of drug-likeness (QED) is 0.808. The van der Waals surface area contributed by atoms with Gasteiger partial charge in [0.25, 0.3) is 10.0 Å². The lowest BCUT2D eigenvalue weighted by atomic mass is 10.2. The maximum Gasteiger partial charge on any atom is 0.262 e. The molecule has 0 radical (unpaired) electrons. The summed E-state index contributed by atoms with van der Waals surface area (Å²) in [4.78, 5) is 4.05. The summed E-state index contributed by atoms with van der Waals surface area (Å²) in [6.45, 7) is 0. The van der Waals surface area contributed by atoms with Crippen molar-refractivity contribution in [3.63, 3.8) is 0 Å². The fourth-order valence-electron chi connectivity index (χ4n) is 2.07. The van der Waals surface area contributed by atoms with Crippen LogP contribution in [-0.2, 0) is 10.0 Å². The Kier molecular flexibility index (Phi) is 3.31. The normalized spacial score (nSPS) is 11.5. The van der Waals surface area contributed by atoms with Gasteiger partial charge in [-0.3, -0.25) is 9.71 Å². The highest BCUT2D eigenvalue weighted by Gasteiger charge is 2.18. The van der Waals surface area contributed by atoms with E-state index in [0.717, 1.165) is 0 Å². The SMILES string of the molecule is O=S(=O)(Nc1ccccc1F)c1cccc2cnccc12. The molecule has 0 saturated heterocycles. The van der Waals surface area contributed by atoms with Crippen LogP contribution in [0.5, 0.6) is 0 Å². The lowest BCUT2D eigenvalue weighted by molar-refractivity contribution is 0.599. The second kappa shape index (κ2) is 5.14. The van der Waals surface area contributed by atoms with Crippen molar-refractivity contribution in [3.8, 4) is 0 Å². The van der Waals surface area contributed by atoms with E-state index in [1.54, 1.807) is 30.5 Å². The first-order chi connectivity index (χ1) is 10.1. The van der Waals surface area contributed by atoms with Gasteiger partial charge >= 0.3 is 0 Å². The summed E-state index contributed by atoms with van der Waals surface area (Å²) < 4.78 is 40.8. The minimum atomic E-state index is -3.88. The van der Waals surface area contributed by atoms with Crippen LogP contribution < -0.4 is 4.72 Å². The molecule has 0 aliphatic carbocycles. The zero-order valence-corrected chi connectivity index (χ0v) is 11.6. The van der Waals surface area contributed by atoms with Crippen molar-refractivity contribution in [3.05, 3.63) is 66.7 Å². The Hall–Kier alpha value is -2.47. The Bertz CT molecular complexity index is 905. The second-order valence-corrected chi connectivity index (χ2v) is 6.09. The van der Waals surface area contributed by atoms with E-state index in [4.69, 9.17) is 0 Å². The number of rotatable bonds is 3. The lowest BCUT2D eigenvalue weighted by Crippen LogP contribution is -2.14. The number of anilines is 1. The molecule has 21 heavy (non-hydrogen) atoms. The first-order valence-electron chi connectivity index (χ1n) is 6.18. The van der Waals surface area contributed by atoms with Gasteiger partial charge < -0.3 is 0 Å². The van der Waals surface area contributed by atoms with E-state index in [0.29, 0.717) is 10.8 Å². The van der Waals surface area contributed by atoms with Crippen molar-refractivity contribution >= 4 is 26.5 Å². The predicted molar refractivity (Wildman–Crippen MR) is 79.0 cm³/mol. The molecule has 0 amide bonds. The smallest absolute Gasteiger partial charge is 0.262 e. The van der Waals surface area contributed by atoms with Crippen LogP contribution >= 0.6 is 0 Å². The van der Waals surface area contributed by atoms with Gasteiger partial charge in [-0.15, -0.1) is 0 Å². The van der Waals surface area contributed by atoms with Gasteiger partial charge in [0, 0.05) is 23.2 Å². The predicted octanol–water partition coefficient (Wildman–Crippen LogP) is 3.17. The Morgan fingerprint density at radius 2 is 1.81 bits per heavy atom. The van der Waals surface area contributed by atoms with Crippen molar-refractivity contribution in [1.29, 1.82) is 0 Å². The van der Waals surface area contributed by atoms with E-state index >= 15 is 0 Å². The number of fused-ring (bicyclic) bond motifs is 1. The number of halogens is 1. The van der Waals surface area contributed by atoms with Gasteiger partial charge in [-0.05, 0) is 24.3 Å². The van der Waals surface area contributed by atoms with Gasteiger partial charge in [0.15, 0.2) is 0 Å². The molecule has 0 saturated carbocycles. The summed E-state index contributed by atoms with van der Waals surface area (Å²) >= 11 is 0. The highest BCUT2D eigenvalue weighted by Crippen LogP contribution is 2.25. The number of benzene rings is 2. The van der Waals surface area contributed by atoms with Crippen LogP contribution in [0.25, 0.3) is 10.8 Å². The lowest BCUT2D eigenvalue weighted by Gasteiger charge is -2.10. The molecule has 4 nitrogen and oxygen atoms in total. The molecule has 3 rings (SSSR count). The summed E-state index contributed by atoms with van der Waals surface area (Å²) in [5.41, 5.74) is -0.0800. The van der Waals surface area contributed by atoms with Crippen LogP contribution in [0.15, 0.2) is 65.8 Å². The molecule has 3 aromatic rings. The summed E-state index contributed by atoms with van der Waals surface area (Å²) in [7, 11) is -3.88. The van der Waals surface area contributed by atoms with Crippen molar-refractivity contribution < 1.29 is 12.8 Å². The van der Waals surface area contributed by atoms with Crippen molar-refractivity contribution in [2.45, 2.75) is 4.90 Å². The third-order valence-electron chi connectivity index (χ3n) is 3.05. The highest BCUT2D eigenvalue weighted by molar-refractivity contribution is 7.93. The molecule has 0 fully saturated rings. The van der Waals surface area contributed by atoms with E-state index in [2.05, 4.69) is 9.71 Å². The first-order valence-corrected chi connectivity index (χ1v) is 7.66. The molecule has 106 valence electrons. The number of nitrogens with zero attached hydrogens (tertiary/aromatic N) is 1. The molecule has 1 heterocycles. The average Bonchev–Trinajstić information content (AvgIpc) is 2.49. The number of hydrogen-bond donors (Lipinski definition) is 1. The maximum atomic E-state index is 13.6. The van der Waals surface area contributed by atoms with Gasteiger partial charge in [-0.25, -0.2) is 12.8 Å². The molecule has 0 bridgehead atoms. The Balaban J connectivity index is 2.11. The van der Waals surface area contributed by atoms with E-state index in [1.807, 2.05) is 0 Å². The molecule has 0 atom stereocenters. The average molecular weight is 302 g/mol. The Labute approximate surface area is 121 Å². The second-order valence-electron chi connectivity index (χ2n) is 4.44. The van der Waals surface area contributed by atoms with Crippen LogP contribution in [0.4, 0.5) is 10.1 Å². The van der Waals surface area contributed by atoms with Crippen molar-refractivity contribution in [2.75, 3.05) is 4.72 Å². The van der Waals surface area contributed by atoms with Gasteiger partial charge in [0.05, 0.1) is 10.6 Å². The number of nitrogens with one attached hydrogen (secondary N) is 1. The van der Waals surface area contributed by atoms with Gasteiger partial charge in [-0.2, -0.15) is 0 Å². The fraction of sp³-hybridized carbons (Fsp3) is 0. The van der Waals surface area contributed by atoms with Crippen LogP contribution in [0.3, 0.4) is 0 Å². The van der Waals surface area contributed by atoms with Gasteiger partial charge in [0.1, 0.15) is 5.82 Å². The van der Waals surface area contributed by atoms with Gasteiger partial charge in [-0.1, -0.05) is 24.3 Å². The number of para-hydroxylation sites is 1. The molecule has 1 aromatic heterocycles.